The first-order valence-corrected chi connectivity index (χ1v) is 4.96. The smallest absolute Gasteiger partial charge is 0.328 e. The first-order valence-electron chi connectivity index (χ1n) is 4.96. The van der Waals surface area contributed by atoms with Crippen molar-refractivity contribution in [3.8, 4) is 0 Å². The highest BCUT2D eigenvalue weighted by atomic mass is 16.4. The van der Waals surface area contributed by atoms with Crippen LogP contribution in [0.3, 0.4) is 0 Å². The summed E-state index contributed by atoms with van der Waals surface area (Å²) in [7, 11) is 0. The number of carboxylic acid groups (broad SMARTS) is 1. The maximum atomic E-state index is 10.9. The lowest BCUT2D eigenvalue weighted by molar-refractivity contribution is -0.140. The minimum absolute atomic E-state index is 0.266. The van der Waals surface area contributed by atoms with Crippen LogP contribution in [-0.4, -0.2) is 23.3 Å². The Labute approximate surface area is 78.9 Å². The second-order valence-corrected chi connectivity index (χ2v) is 3.59. The molecule has 0 bridgehead atoms. The largest absolute Gasteiger partial charge is 0.480 e. The molecular formula is C10H17NO2. The SMILES string of the molecule is CC=NC(C(=O)O)C1CCCCC1. The zero-order chi connectivity index (χ0) is 9.68. The summed E-state index contributed by atoms with van der Waals surface area (Å²) < 4.78 is 0. The summed E-state index contributed by atoms with van der Waals surface area (Å²) >= 11 is 0. The molecular weight excluding hydrogens is 166 g/mol. The third-order valence-electron chi connectivity index (χ3n) is 2.66. The molecule has 1 unspecified atom stereocenters. The fourth-order valence-corrected chi connectivity index (χ4v) is 2.00. The summed E-state index contributed by atoms with van der Waals surface area (Å²) in [5, 5.41) is 8.94. The van der Waals surface area contributed by atoms with Crippen LogP contribution in [0.5, 0.6) is 0 Å². The molecule has 0 radical (unpaired) electrons. The molecule has 0 heterocycles. The summed E-state index contributed by atoms with van der Waals surface area (Å²) in [6.45, 7) is 1.78. The fraction of sp³-hybridized carbons (Fsp3) is 0.800. The normalized spacial score (nSPS) is 21.9. The third-order valence-corrected chi connectivity index (χ3v) is 2.66. The van der Waals surface area contributed by atoms with Gasteiger partial charge in [0.05, 0.1) is 0 Å². The zero-order valence-electron chi connectivity index (χ0n) is 8.07. The number of hydrogen-bond acceptors (Lipinski definition) is 2. The van der Waals surface area contributed by atoms with Gasteiger partial charge in [-0.05, 0) is 31.9 Å². The van der Waals surface area contributed by atoms with E-state index in [-0.39, 0.29) is 5.92 Å². The maximum absolute atomic E-state index is 10.9. The number of carboxylic acids is 1. The molecule has 0 saturated heterocycles. The molecule has 0 aliphatic heterocycles. The number of hydrogen-bond donors (Lipinski definition) is 1. The van der Waals surface area contributed by atoms with Crippen molar-refractivity contribution in [2.45, 2.75) is 45.1 Å². The van der Waals surface area contributed by atoms with Gasteiger partial charge in [0.1, 0.15) is 6.04 Å². The Morgan fingerprint density at radius 2 is 2.08 bits per heavy atom. The average Bonchev–Trinajstić information content (AvgIpc) is 2.15. The number of aliphatic carboxylic acids is 1. The van der Waals surface area contributed by atoms with E-state index < -0.39 is 12.0 Å². The van der Waals surface area contributed by atoms with Gasteiger partial charge in [-0.3, -0.25) is 4.99 Å². The van der Waals surface area contributed by atoms with Crippen LogP contribution < -0.4 is 0 Å². The Morgan fingerprint density at radius 1 is 1.46 bits per heavy atom. The molecule has 0 amide bonds. The fourth-order valence-electron chi connectivity index (χ4n) is 2.00. The van der Waals surface area contributed by atoms with Crippen molar-refractivity contribution >= 4 is 12.2 Å². The maximum Gasteiger partial charge on any atom is 0.328 e. The topological polar surface area (TPSA) is 49.7 Å². The average molecular weight is 183 g/mol. The van der Waals surface area contributed by atoms with Gasteiger partial charge in [-0.25, -0.2) is 4.79 Å². The first-order chi connectivity index (χ1) is 6.25. The van der Waals surface area contributed by atoms with Gasteiger partial charge < -0.3 is 5.11 Å². The molecule has 1 atom stereocenters. The molecule has 13 heavy (non-hydrogen) atoms. The summed E-state index contributed by atoms with van der Waals surface area (Å²) in [6.07, 6.45) is 7.22. The van der Waals surface area contributed by atoms with Crippen LogP contribution in [-0.2, 0) is 4.79 Å². The van der Waals surface area contributed by atoms with Crippen molar-refractivity contribution in [3.05, 3.63) is 0 Å². The highest BCUT2D eigenvalue weighted by Gasteiger charge is 2.27. The van der Waals surface area contributed by atoms with Crippen molar-refractivity contribution < 1.29 is 9.90 Å². The van der Waals surface area contributed by atoms with Crippen LogP contribution in [0, 0.1) is 5.92 Å². The Hall–Kier alpha value is -0.860. The lowest BCUT2D eigenvalue weighted by Crippen LogP contribution is -2.29. The lowest BCUT2D eigenvalue weighted by atomic mass is 9.84. The summed E-state index contributed by atoms with van der Waals surface area (Å²) in [5.74, 6) is -0.507. The van der Waals surface area contributed by atoms with Gasteiger partial charge in [-0.15, -0.1) is 0 Å². The monoisotopic (exact) mass is 183 g/mol. The molecule has 3 nitrogen and oxygen atoms in total. The Balaban J connectivity index is 2.56. The summed E-state index contributed by atoms with van der Waals surface area (Å²) in [5.41, 5.74) is 0. The quantitative estimate of drug-likeness (QED) is 0.681. The minimum atomic E-state index is -0.773. The predicted octanol–water partition coefficient (Wildman–Crippen LogP) is 2.11. The van der Waals surface area contributed by atoms with E-state index in [9.17, 15) is 4.79 Å². The van der Waals surface area contributed by atoms with Crippen LogP contribution >= 0.6 is 0 Å². The standard InChI is InChI=1S/C10H17NO2/c1-2-11-9(10(12)13)8-6-4-3-5-7-8/h2,8-9H,3-7H2,1H3,(H,12,13). The van der Waals surface area contributed by atoms with E-state index in [1.54, 1.807) is 13.1 Å². The Kier molecular flexibility index (Phi) is 3.93. The second kappa shape index (κ2) is 5.00. The van der Waals surface area contributed by atoms with E-state index in [0.717, 1.165) is 25.7 Å². The number of carbonyl (C=O) groups is 1. The van der Waals surface area contributed by atoms with E-state index >= 15 is 0 Å². The van der Waals surface area contributed by atoms with Crippen LogP contribution in [0.2, 0.25) is 0 Å². The molecule has 1 aliphatic rings. The van der Waals surface area contributed by atoms with Crippen molar-refractivity contribution in [2.75, 3.05) is 0 Å². The first kappa shape index (κ1) is 10.2. The van der Waals surface area contributed by atoms with Gasteiger partial charge in [-0.1, -0.05) is 19.3 Å². The third kappa shape index (κ3) is 2.83. The van der Waals surface area contributed by atoms with Crippen LogP contribution in [0.1, 0.15) is 39.0 Å². The van der Waals surface area contributed by atoms with Crippen molar-refractivity contribution in [3.63, 3.8) is 0 Å². The second-order valence-electron chi connectivity index (χ2n) is 3.59. The number of aliphatic imine (C=N–C) groups is 1. The molecule has 74 valence electrons. The van der Waals surface area contributed by atoms with E-state index in [1.807, 2.05) is 0 Å². The molecule has 1 saturated carbocycles. The Bertz CT molecular complexity index is 195. The van der Waals surface area contributed by atoms with Gasteiger partial charge in [0, 0.05) is 0 Å². The molecule has 3 heteroatoms. The molecule has 0 aromatic carbocycles. The Morgan fingerprint density at radius 3 is 2.54 bits per heavy atom. The minimum Gasteiger partial charge on any atom is -0.480 e. The van der Waals surface area contributed by atoms with Gasteiger partial charge in [0.25, 0.3) is 0 Å². The zero-order valence-corrected chi connectivity index (χ0v) is 8.07. The van der Waals surface area contributed by atoms with E-state index in [2.05, 4.69) is 4.99 Å². The summed E-state index contributed by atoms with van der Waals surface area (Å²) in [4.78, 5) is 14.9. The van der Waals surface area contributed by atoms with E-state index in [0.29, 0.717) is 0 Å². The van der Waals surface area contributed by atoms with Crippen LogP contribution in [0.15, 0.2) is 4.99 Å². The highest BCUT2D eigenvalue weighted by molar-refractivity contribution is 5.76. The van der Waals surface area contributed by atoms with Crippen molar-refractivity contribution in [1.82, 2.24) is 0 Å². The van der Waals surface area contributed by atoms with E-state index in [1.165, 1.54) is 6.42 Å². The van der Waals surface area contributed by atoms with Gasteiger partial charge in [0.15, 0.2) is 0 Å². The van der Waals surface area contributed by atoms with E-state index in [4.69, 9.17) is 5.11 Å². The molecule has 1 N–H and O–H groups in total. The molecule has 0 aromatic heterocycles. The predicted molar refractivity (Wildman–Crippen MR) is 52.2 cm³/mol. The highest BCUT2D eigenvalue weighted by Crippen LogP contribution is 2.27. The lowest BCUT2D eigenvalue weighted by Gasteiger charge is -2.24. The van der Waals surface area contributed by atoms with Gasteiger partial charge >= 0.3 is 5.97 Å². The summed E-state index contributed by atoms with van der Waals surface area (Å²) in [6, 6.07) is -0.495. The number of rotatable bonds is 3. The molecule has 1 rings (SSSR count). The van der Waals surface area contributed by atoms with Gasteiger partial charge in [0.2, 0.25) is 0 Å². The number of nitrogens with zero attached hydrogens (tertiary/aromatic N) is 1. The molecule has 0 spiro atoms. The molecule has 1 fully saturated rings. The molecule has 0 aromatic rings. The van der Waals surface area contributed by atoms with Crippen molar-refractivity contribution in [1.29, 1.82) is 0 Å². The van der Waals surface area contributed by atoms with Crippen LogP contribution in [0.4, 0.5) is 0 Å². The van der Waals surface area contributed by atoms with Gasteiger partial charge in [-0.2, -0.15) is 0 Å². The van der Waals surface area contributed by atoms with Crippen LogP contribution in [0.25, 0.3) is 0 Å². The van der Waals surface area contributed by atoms with Crippen molar-refractivity contribution in [2.24, 2.45) is 10.9 Å². The molecule has 1 aliphatic carbocycles.